The van der Waals surface area contributed by atoms with Crippen LogP contribution < -0.4 is 5.43 Å². The number of nitrogens with one attached hydrogen (secondary N) is 1. The van der Waals surface area contributed by atoms with E-state index in [1.807, 2.05) is 12.1 Å². The van der Waals surface area contributed by atoms with Crippen molar-refractivity contribution in [2.75, 3.05) is 5.43 Å². The first-order chi connectivity index (χ1) is 17.6. The molecular formula is C35H36N2. The van der Waals surface area contributed by atoms with Crippen LogP contribution >= 0.6 is 0 Å². The lowest BCUT2D eigenvalue weighted by molar-refractivity contribution is 0.593. The number of anilines is 1. The number of nitrogens with zero attached hydrogens (tertiary/aromatic N) is 1. The second-order valence-corrected chi connectivity index (χ2v) is 11.9. The summed E-state index contributed by atoms with van der Waals surface area (Å²) in [5.41, 5.74) is 10.2. The zero-order valence-electron chi connectivity index (χ0n) is 22.8. The lowest BCUT2D eigenvalue weighted by atomic mass is 9.74. The van der Waals surface area contributed by atoms with Gasteiger partial charge < -0.3 is 0 Å². The van der Waals surface area contributed by atoms with Gasteiger partial charge in [0, 0.05) is 11.1 Å². The summed E-state index contributed by atoms with van der Waals surface area (Å²) in [6.45, 7) is 13.9. The van der Waals surface area contributed by atoms with Gasteiger partial charge in [-0.2, -0.15) is 5.10 Å². The van der Waals surface area contributed by atoms with E-state index < -0.39 is 0 Å². The van der Waals surface area contributed by atoms with Crippen molar-refractivity contribution in [2.45, 2.75) is 52.4 Å². The number of fused-ring (bicyclic) bond motifs is 2. The Kier molecular flexibility index (Phi) is 6.37. The van der Waals surface area contributed by atoms with Gasteiger partial charge in [0.05, 0.1) is 11.4 Å². The van der Waals surface area contributed by atoms with E-state index in [-0.39, 0.29) is 10.8 Å². The molecular weight excluding hydrogens is 448 g/mol. The van der Waals surface area contributed by atoms with Crippen LogP contribution in [0.25, 0.3) is 21.5 Å². The lowest BCUT2D eigenvalue weighted by Gasteiger charge is -2.30. The summed E-state index contributed by atoms with van der Waals surface area (Å²) in [6.07, 6.45) is 0. The first-order valence-corrected chi connectivity index (χ1v) is 13.1. The van der Waals surface area contributed by atoms with E-state index in [2.05, 4.69) is 138 Å². The van der Waals surface area contributed by atoms with E-state index in [0.29, 0.717) is 0 Å². The minimum absolute atomic E-state index is 0.00908. The molecule has 0 bridgehead atoms. The van der Waals surface area contributed by atoms with Gasteiger partial charge >= 0.3 is 0 Å². The van der Waals surface area contributed by atoms with Crippen molar-refractivity contribution < 1.29 is 0 Å². The largest absolute Gasteiger partial charge is 0.278 e. The van der Waals surface area contributed by atoms with Gasteiger partial charge in [-0.05, 0) is 55.6 Å². The Labute approximate surface area is 221 Å². The molecule has 0 amide bonds. The molecule has 0 atom stereocenters. The highest BCUT2D eigenvalue weighted by Crippen LogP contribution is 2.44. The summed E-state index contributed by atoms with van der Waals surface area (Å²) >= 11 is 0. The molecule has 2 heteroatoms. The van der Waals surface area contributed by atoms with Crippen molar-refractivity contribution in [1.29, 1.82) is 0 Å². The molecule has 0 heterocycles. The highest BCUT2D eigenvalue weighted by Gasteiger charge is 2.27. The fourth-order valence-electron chi connectivity index (χ4n) is 5.47. The van der Waals surface area contributed by atoms with Crippen LogP contribution in [0.1, 0.15) is 63.8 Å². The Morgan fingerprint density at radius 1 is 0.514 bits per heavy atom. The summed E-state index contributed by atoms with van der Waals surface area (Å²) in [5.74, 6) is 0. The van der Waals surface area contributed by atoms with E-state index in [0.717, 1.165) is 22.5 Å². The molecule has 0 spiro atoms. The molecule has 0 saturated heterocycles. The minimum atomic E-state index is -0.0185. The van der Waals surface area contributed by atoms with Crippen molar-refractivity contribution in [3.05, 3.63) is 125 Å². The third-order valence-corrected chi connectivity index (χ3v) is 6.92. The predicted octanol–water partition coefficient (Wildman–Crippen LogP) is 9.45. The zero-order valence-corrected chi connectivity index (χ0v) is 22.8. The molecule has 2 nitrogen and oxygen atoms in total. The number of benzene rings is 5. The van der Waals surface area contributed by atoms with Crippen LogP contribution in [0.4, 0.5) is 5.69 Å². The third kappa shape index (κ3) is 4.89. The van der Waals surface area contributed by atoms with E-state index >= 15 is 0 Å². The molecule has 186 valence electrons. The molecule has 5 rings (SSSR count). The van der Waals surface area contributed by atoms with Crippen LogP contribution in [0.5, 0.6) is 0 Å². The van der Waals surface area contributed by atoms with E-state index in [1.54, 1.807) is 0 Å². The van der Waals surface area contributed by atoms with Crippen LogP contribution in [0, 0.1) is 0 Å². The fraction of sp³-hybridized carbons (Fsp3) is 0.229. The first kappa shape index (κ1) is 24.8. The van der Waals surface area contributed by atoms with Crippen molar-refractivity contribution >= 4 is 32.9 Å². The smallest absolute Gasteiger partial charge is 0.0977 e. The predicted molar refractivity (Wildman–Crippen MR) is 161 cm³/mol. The Hall–Kier alpha value is -3.91. The maximum absolute atomic E-state index is 4.93. The topological polar surface area (TPSA) is 24.4 Å². The first-order valence-electron chi connectivity index (χ1n) is 13.1. The summed E-state index contributed by atoms with van der Waals surface area (Å²) in [6, 6.07) is 36.3. The quantitative estimate of drug-likeness (QED) is 0.153. The van der Waals surface area contributed by atoms with Crippen LogP contribution in [0.3, 0.4) is 0 Å². The van der Waals surface area contributed by atoms with E-state index in [9.17, 15) is 0 Å². The minimum Gasteiger partial charge on any atom is -0.278 e. The van der Waals surface area contributed by atoms with Gasteiger partial charge in [0.25, 0.3) is 0 Å². The Bertz CT molecular complexity index is 1540. The zero-order chi connectivity index (χ0) is 26.2. The second-order valence-electron chi connectivity index (χ2n) is 11.9. The maximum atomic E-state index is 4.93. The summed E-state index contributed by atoms with van der Waals surface area (Å²) in [7, 11) is 0. The van der Waals surface area contributed by atoms with Crippen LogP contribution in [-0.2, 0) is 10.8 Å². The van der Waals surface area contributed by atoms with Gasteiger partial charge in [-0.15, -0.1) is 0 Å². The SMILES string of the molecule is CC(C)(C)c1c2ccccc2c(C(C)(C)C)c2cc(NN=C(c3ccccc3)c3ccccc3)ccc12. The molecule has 1 N–H and O–H groups in total. The third-order valence-electron chi connectivity index (χ3n) is 6.92. The molecule has 0 aliphatic heterocycles. The maximum Gasteiger partial charge on any atom is 0.0977 e. The summed E-state index contributed by atoms with van der Waals surface area (Å²) in [4.78, 5) is 0. The number of hydrogen-bond acceptors (Lipinski definition) is 2. The molecule has 0 fully saturated rings. The molecule has 0 saturated carbocycles. The molecule has 0 radical (unpaired) electrons. The molecule has 5 aromatic carbocycles. The molecule has 5 aromatic rings. The lowest BCUT2D eigenvalue weighted by Crippen LogP contribution is -2.17. The van der Waals surface area contributed by atoms with Crippen LogP contribution in [0.15, 0.2) is 108 Å². The normalized spacial score (nSPS) is 12.1. The summed E-state index contributed by atoms with van der Waals surface area (Å²) < 4.78 is 0. The van der Waals surface area contributed by atoms with Gasteiger partial charge in [-0.25, -0.2) is 0 Å². The highest BCUT2D eigenvalue weighted by atomic mass is 15.3. The standard InChI is InChI=1S/C35H36N2/c1-34(2,3)31-27-19-13-14-20-28(27)32(35(4,5)6)30-23-26(21-22-29(30)31)36-37-33(24-15-9-7-10-16-24)25-17-11-8-12-18-25/h7-23,36H,1-6H3. The van der Waals surface area contributed by atoms with Crippen molar-refractivity contribution in [3.8, 4) is 0 Å². The van der Waals surface area contributed by atoms with Gasteiger partial charge in [0.2, 0.25) is 0 Å². The number of rotatable bonds is 4. The van der Waals surface area contributed by atoms with Crippen molar-refractivity contribution in [1.82, 2.24) is 0 Å². The van der Waals surface area contributed by atoms with Gasteiger partial charge in [-0.3, -0.25) is 5.43 Å². The van der Waals surface area contributed by atoms with Crippen molar-refractivity contribution in [3.63, 3.8) is 0 Å². The Morgan fingerprint density at radius 2 is 0.946 bits per heavy atom. The second kappa shape index (κ2) is 9.52. The number of hydrazone groups is 1. The van der Waals surface area contributed by atoms with Gasteiger partial charge in [-0.1, -0.05) is 133 Å². The summed E-state index contributed by atoms with van der Waals surface area (Å²) in [5, 5.41) is 10.2. The average Bonchev–Trinajstić information content (AvgIpc) is 2.87. The highest BCUT2D eigenvalue weighted by molar-refractivity contribution is 6.13. The van der Waals surface area contributed by atoms with Gasteiger partial charge in [0.15, 0.2) is 0 Å². The van der Waals surface area contributed by atoms with Crippen LogP contribution in [0.2, 0.25) is 0 Å². The molecule has 37 heavy (non-hydrogen) atoms. The fourth-order valence-corrected chi connectivity index (χ4v) is 5.47. The molecule has 0 aliphatic rings. The monoisotopic (exact) mass is 484 g/mol. The number of hydrogen-bond donors (Lipinski definition) is 1. The molecule has 0 aliphatic carbocycles. The van der Waals surface area contributed by atoms with E-state index in [4.69, 9.17) is 5.10 Å². The molecule has 0 aromatic heterocycles. The van der Waals surface area contributed by atoms with Crippen molar-refractivity contribution in [2.24, 2.45) is 5.10 Å². The van der Waals surface area contributed by atoms with Gasteiger partial charge in [0.1, 0.15) is 0 Å². The molecule has 0 unspecified atom stereocenters. The van der Waals surface area contributed by atoms with Crippen LogP contribution in [-0.4, -0.2) is 5.71 Å². The average molecular weight is 485 g/mol. The Balaban J connectivity index is 1.72. The van der Waals surface area contributed by atoms with E-state index in [1.165, 1.54) is 32.7 Å². The Morgan fingerprint density at radius 3 is 1.43 bits per heavy atom.